The van der Waals surface area contributed by atoms with Crippen molar-refractivity contribution in [2.45, 2.75) is 129 Å². The molecular weight excluding hydrogens is 501 g/mol. The van der Waals surface area contributed by atoms with Crippen molar-refractivity contribution in [2.75, 3.05) is 0 Å². The van der Waals surface area contributed by atoms with E-state index in [4.69, 9.17) is 9.41 Å². The Hall–Kier alpha value is -1.82. The molecule has 1 aromatic heterocycles. The van der Waals surface area contributed by atoms with Crippen molar-refractivity contribution in [3.8, 4) is 0 Å². The maximum atomic E-state index is 13.9. The van der Waals surface area contributed by atoms with Crippen LogP contribution in [0.1, 0.15) is 138 Å². The molecule has 0 aliphatic heterocycles. The third-order valence-electron chi connectivity index (χ3n) is 9.89. The van der Waals surface area contributed by atoms with Gasteiger partial charge in [-0.15, -0.1) is 0 Å². The summed E-state index contributed by atoms with van der Waals surface area (Å²) in [6, 6.07) is 6.38. The van der Waals surface area contributed by atoms with E-state index in [-0.39, 0.29) is 22.4 Å². The summed E-state index contributed by atoms with van der Waals surface area (Å²) >= 11 is 0. The van der Waals surface area contributed by atoms with Crippen LogP contribution in [0.5, 0.6) is 0 Å². The predicted molar refractivity (Wildman–Crippen MR) is 161 cm³/mol. The van der Waals surface area contributed by atoms with Gasteiger partial charge in [-0.05, 0) is 97.3 Å². The summed E-state index contributed by atoms with van der Waals surface area (Å²) in [6.07, 6.45) is 11.2. The minimum atomic E-state index is -2.09. The minimum Gasteiger partial charge on any atom is -0.410 e. The molecule has 5 heteroatoms. The first kappa shape index (κ1) is 28.7. The van der Waals surface area contributed by atoms with E-state index < -0.39 is 14.4 Å². The zero-order valence-corrected chi connectivity index (χ0v) is 26.2. The molecule has 3 nitrogen and oxygen atoms in total. The number of aliphatic hydroxyl groups is 1. The van der Waals surface area contributed by atoms with Crippen molar-refractivity contribution in [3.05, 3.63) is 69.8 Å². The van der Waals surface area contributed by atoms with Gasteiger partial charge in [-0.3, -0.25) is 4.98 Å². The van der Waals surface area contributed by atoms with E-state index in [2.05, 4.69) is 53.8 Å². The van der Waals surface area contributed by atoms with E-state index >= 15 is 0 Å². The normalized spacial score (nSPS) is 22.6. The van der Waals surface area contributed by atoms with Crippen LogP contribution in [0, 0.1) is 11.2 Å². The Morgan fingerprint density at radius 3 is 2.33 bits per heavy atom. The molecule has 0 radical (unpaired) electrons. The van der Waals surface area contributed by atoms with Gasteiger partial charge in [0.2, 0.25) is 0 Å². The first-order valence-corrected chi connectivity index (χ1v) is 18.1. The standard InChI is InChI=1S/C34H48FNO2Si/c1-33(2,3)39(6,7)38-27-21-34(4,5)20-26-29(27)28(22-12-8-9-13-22)30(31(36-26)23-14-10-11-15-23)32(37)24-16-18-25(35)19-17-24/h12,16-19,23,27,32,37H,8-11,13-15,20-21H2,1-7H3. The number of hydrogen-bond donors (Lipinski definition) is 1. The van der Waals surface area contributed by atoms with Gasteiger partial charge < -0.3 is 9.53 Å². The number of aliphatic hydroxyl groups excluding tert-OH is 1. The largest absolute Gasteiger partial charge is 0.410 e. The molecule has 3 aliphatic carbocycles. The summed E-state index contributed by atoms with van der Waals surface area (Å²) in [5, 5.41) is 12.2. The van der Waals surface area contributed by atoms with E-state index in [1.165, 1.54) is 47.4 Å². The second kappa shape index (κ2) is 10.5. The van der Waals surface area contributed by atoms with Crippen LogP contribution in [0.15, 0.2) is 30.3 Å². The maximum Gasteiger partial charge on any atom is 0.192 e. The Morgan fingerprint density at radius 2 is 1.74 bits per heavy atom. The van der Waals surface area contributed by atoms with Crippen LogP contribution in [-0.2, 0) is 10.8 Å². The first-order chi connectivity index (χ1) is 18.3. The van der Waals surface area contributed by atoms with Gasteiger partial charge in [0.25, 0.3) is 0 Å². The van der Waals surface area contributed by atoms with E-state index in [0.29, 0.717) is 5.92 Å². The van der Waals surface area contributed by atoms with Gasteiger partial charge in [0.15, 0.2) is 8.32 Å². The molecule has 3 aliphatic rings. The first-order valence-electron chi connectivity index (χ1n) is 15.1. The van der Waals surface area contributed by atoms with Gasteiger partial charge in [-0.1, -0.05) is 65.7 Å². The minimum absolute atomic E-state index is 0.0505. The second-order valence-corrected chi connectivity index (χ2v) is 19.4. The van der Waals surface area contributed by atoms with Crippen molar-refractivity contribution in [1.82, 2.24) is 4.98 Å². The zero-order valence-electron chi connectivity index (χ0n) is 25.2. The Balaban J connectivity index is 1.78. The molecule has 0 amide bonds. The molecule has 39 heavy (non-hydrogen) atoms. The molecule has 1 saturated carbocycles. The molecule has 2 aromatic rings. The van der Waals surface area contributed by atoms with E-state index in [1.807, 2.05) is 0 Å². The van der Waals surface area contributed by atoms with Gasteiger partial charge >= 0.3 is 0 Å². The third kappa shape index (κ3) is 5.69. The average Bonchev–Trinajstić information content (AvgIpc) is 3.56. The highest BCUT2D eigenvalue weighted by molar-refractivity contribution is 6.74. The number of pyridine rings is 1. The van der Waals surface area contributed by atoms with Gasteiger partial charge in [0.1, 0.15) is 11.9 Å². The Kier molecular flexibility index (Phi) is 7.75. The second-order valence-electron chi connectivity index (χ2n) is 14.6. The third-order valence-corrected chi connectivity index (χ3v) is 14.4. The molecule has 2 atom stereocenters. The van der Waals surface area contributed by atoms with E-state index in [0.717, 1.165) is 61.8 Å². The highest BCUT2D eigenvalue weighted by atomic mass is 28.4. The van der Waals surface area contributed by atoms with Gasteiger partial charge in [-0.2, -0.15) is 0 Å². The number of aromatic nitrogens is 1. The fourth-order valence-corrected chi connectivity index (χ4v) is 8.04. The number of hydrogen-bond acceptors (Lipinski definition) is 3. The summed E-state index contributed by atoms with van der Waals surface area (Å²) < 4.78 is 21.2. The van der Waals surface area contributed by atoms with Crippen LogP contribution in [0.25, 0.3) is 5.57 Å². The molecule has 0 saturated heterocycles. The summed E-state index contributed by atoms with van der Waals surface area (Å²) in [4.78, 5) is 5.50. The Bertz CT molecular complexity index is 1240. The monoisotopic (exact) mass is 549 g/mol. The summed E-state index contributed by atoms with van der Waals surface area (Å²) in [5.74, 6) is 0.0697. The lowest BCUT2D eigenvalue weighted by Gasteiger charge is -2.45. The SMILES string of the molecule is CC1(C)Cc2nc(C3CCCC3)c(C(O)c3ccc(F)cc3)c(C3=CCCC3)c2C(O[Si](C)(C)C(C)(C)C)C1. The summed E-state index contributed by atoms with van der Waals surface area (Å²) in [7, 11) is -2.09. The van der Waals surface area contributed by atoms with Crippen LogP contribution >= 0.6 is 0 Å². The van der Waals surface area contributed by atoms with Crippen molar-refractivity contribution < 1.29 is 13.9 Å². The molecule has 1 aromatic carbocycles. The van der Waals surface area contributed by atoms with Crippen LogP contribution in [0.2, 0.25) is 18.1 Å². The predicted octanol–water partition coefficient (Wildman–Crippen LogP) is 9.56. The highest BCUT2D eigenvalue weighted by Crippen LogP contribution is 2.53. The molecule has 0 spiro atoms. The lowest BCUT2D eigenvalue weighted by atomic mass is 9.71. The van der Waals surface area contributed by atoms with Crippen molar-refractivity contribution in [1.29, 1.82) is 0 Å². The topological polar surface area (TPSA) is 42.4 Å². The fourth-order valence-electron chi connectivity index (χ4n) is 6.77. The Morgan fingerprint density at radius 1 is 1.08 bits per heavy atom. The lowest BCUT2D eigenvalue weighted by molar-refractivity contribution is 0.105. The number of rotatable bonds is 6. The molecule has 1 N–H and O–H groups in total. The van der Waals surface area contributed by atoms with E-state index in [1.54, 1.807) is 12.1 Å². The van der Waals surface area contributed by atoms with Gasteiger partial charge in [0.05, 0.1) is 11.8 Å². The maximum absolute atomic E-state index is 13.9. The van der Waals surface area contributed by atoms with Crippen molar-refractivity contribution in [3.63, 3.8) is 0 Å². The average molecular weight is 550 g/mol. The van der Waals surface area contributed by atoms with Crippen LogP contribution in [0.3, 0.4) is 0 Å². The lowest BCUT2D eigenvalue weighted by Crippen LogP contribution is -2.44. The van der Waals surface area contributed by atoms with Crippen LogP contribution in [0.4, 0.5) is 4.39 Å². The van der Waals surface area contributed by atoms with Crippen molar-refractivity contribution >= 4 is 13.9 Å². The molecule has 212 valence electrons. The zero-order chi connectivity index (χ0) is 28.2. The highest BCUT2D eigenvalue weighted by Gasteiger charge is 2.45. The van der Waals surface area contributed by atoms with Crippen LogP contribution < -0.4 is 0 Å². The number of benzene rings is 1. The number of fused-ring (bicyclic) bond motifs is 1. The summed E-state index contributed by atoms with van der Waals surface area (Å²) in [5.41, 5.74) is 7.80. The fraction of sp³-hybridized carbons (Fsp3) is 0.618. The summed E-state index contributed by atoms with van der Waals surface area (Å²) in [6.45, 7) is 16.3. The molecule has 1 fully saturated rings. The van der Waals surface area contributed by atoms with Gasteiger partial charge in [-0.25, -0.2) is 4.39 Å². The van der Waals surface area contributed by atoms with E-state index in [9.17, 15) is 9.50 Å². The number of allylic oxidation sites excluding steroid dienone is 2. The van der Waals surface area contributed by atoms with Crippen LogP contribution in [-0.4, -0.2) is 18.4 Å². The Labute approximate surface area is 236 Å². The molecule has 5 rings (SSSR count). The quantitative estimate of drug-likeness (QED) is 0.365. The molecular formula is C34H48FNO2Si. The number of halogens is 1. The molecule has 1 heterocycles. The molecule has 0 bridgehead atoms. The smallest absolute Gasteiger partial charge is 0.192 e. The number of nitrogens with zero attached hydrogens (tertiary/aromatic N) is 1. The van der Waals surface area contributed by atoms with Crippen molar-refractivity contribution in [2.24, 2.45) is 5.41 Å². The van der Waals surface area contributed by atoms with Gasteiger partial charge in [0, 0.05) is 22.7 Å². The molecule has 2 unspecified atom stereocenters.